The molecule has 6 nitrogen and oxygen atoms in total. The Labute approximate surface area is 138 Å². The Bertz CT molecular complexity index is 516. The number of ether oxygens (including phenoxy) is 1. The molecule has 3 aliphatic rings. The molecule has 4 heterocycles. The highest BCUT2D eigenvalue weighted by molar-refractivity contribution is 5.30. The van der Waals surface area contributed by atoms with Gasteiger partial charge >= 0.3 is 0 Å². The summed E-state index contributed by atoms with van der Waals surface area (Å²) in [5, 5.41) is 0. The lowest BCUT2D eigenvalue weighted by atomic mass is 10.1. The first kappa shape index (κ1) is 15.3. The molecular weight excluding hydrogens is 290 g/mol. The number of piperazine rings is 1. The number of hydrogen-bond acceptors (Lipinski definition) is 6. The van der Waals surface area contributed by atoms with Crippen LogP contribution in [-0.4, -0.2) is 77.8 Å². The highest BCUT2D eigenvalue weighted by Crippen LogP contribution is 2.25. The molecule has 0 spiro atoms. The molecule has 23 heavy (non-hydrogen) atoms. The van der Waals surface area contributed by atoms with Crippen molar-refractivity contribution in [3.8, 4) is 0 Å². The van der Waals surface area contributed by atoms with Gasteiger partial charge in [0.25, 0.3) is 0 Å². The highest BCUT2D eigenvalue weighted by atomic mass is 16.5. The molecule has 1 aromatic rings. The monoisotopic (exact) mass is 317 g/mol. The predicted molar refractivity (Wildman–Crippen MR) is 89.5 cm³/mol. The van der Waals surface area contributed by atoms with Crippen LogP contribution in [0.1, 0.15) is 25.3 Å². The maximum Gasteiger partial charge on any atom is 0.225 e. The number of nitrogens with zero attached hydrogens (tertiary/aromatic N) is 5. The van der Waals surface area contributed by atoms with Crippen molar-refractivity contribution in [2.45, 2.75) is 38.4 Å². The second kappa shape index (κ2) is 6.71. The van der Waals surface area contributed by atoms with E-state index in [1.165, 1.54) is 38.0 Å². The van der Waals surface area contributed by atoms with E-state index in [4.69, 9.17) is 4.74 Å². The Morgan fingerprint density at radius 3 is 2.70 bits per heavy atom. The molecule has 0 amide bonds. The molecule has 3 aliphatic heterocycles. The van der Waals surface area contributed by atoms with Crippen LogP contribution in [0.25, 0.3) is 0 Å². The molecule has 0 N–H and O–H groups in total. The predicted octanol–water partition coefficient (Wildman–Crippen LogP) is 0.982. The quantitative estimate of drug-likeness (QED) is 0.828. The van der Waals surface area contributed by atoms with Gasteiger partial charge < -0.3 is 9.64 Å². The van der Waals surface area contributed by atoms with Gasteiger partial charge in [0, 0.05) is 62.8 Å². The number of rotatable bonds is 3. The molecule has 126 valence electrons. The summed E-state index contributed by atoms with van der Waals surface area (Å²) in [6.45, 7) is 10.3. The first-order chi connectivity index (χ1) is 11.3. The minimum Gasteiger partial charge on any atom is -0.378 e. The summed E-state index contributed by atoms with van der Waals surface area (Å²) in [5.74, 6) is 0.839. The fourth-order valence-corrected chi connectivity index (χ4v) is 4.06. The van der Waals surface area contributed by atoms with Crippen molar-refractivity contribution in [2.24, 2.45) is 0 Å². The second-order valence-electron chi connectivity index (χ2n) is 7.06. The van der Waals surface area contributed by atoms with Crippen LogP contribution in [0.2, 0.25) is 0 Å². The molecule has 0 radical (unpaired) electrons. The Morgan fingerprint density at radius 1 is 1.13 bits per heavy atom. The smallest absolute Gasteiger partial charge is 0.225 e. The zero-order valence-corrected chi connectivity index (χ0v) is 14.0. The fourth-order valence-electron chi connectivity index (χ4n) is 4.06. The first-order valence-electron chi connectivity index (χ1n) is 8.91. The van der Waals surface area contributed by atoms with E-state index in [1.54, 1.807) is 0 Å². The van der Waals surface area contributed by atoms with E-state index in [9.17, 15) is 0 Å². The molecule has 1 aromatic heterocycles. The molecular formula is C17H27N5O. The average Bonchev–Trinajstić information content (AvgIpc) is 3.04. The number of anilines is 1. The molecule has 0 aromatic carbocycles. The maximum atomic E-state index is 5.38. The molecule has 3 fully saturated rings. The van der Waals surface area contributed by atoms with Gasteiger partial charge in [-0.2, -0.15) is 0 Å². The van der Waals surface area contributed by atoms with E-state index in [0.717, 1.165) is 44.8 Å². The number of morpholine rings is 1. The van der Waals surface area contributed by atoms with Gasteiger partial charge in [0.15, 0.2) is 0 Å². The van der Waals surface area contributed by atoms with Crippen molar-refractivity contribution >= 4 is 5.95 Å². The van der Waals surface area contributed by atoms with Crippen LogP contribution in [0.15, 0.2) is 12.4 Å². The van der Waals surface area contributed by atoms with E-state index in [2.05, 4.69) is 31.6 Å². The summed E-state index contributed by atoms with van der Waals surface area (Å²) < 4.78 is 5.38. The van der Waals surface area contributed by atoms with Crippen LogP contribution >= 0.6 is 0 Å². The summed E-state index contributed by atoms with van der Waals surface area (Å²) in [7, 11) is 0. The van der Waals surface area contributed by atoms with Gasteiger partial charge in [-0.15, -0.1) is 0 Å². The van der Waals surface area contributed by atoms with Crippen molar-refractivity contribution in [2.75, 3.05) is 50.8 Å². The normalized spacial score (nSPS) is 29.7. The van der Waals surface area contributed by atoms with Gasteiger partial charge in [-0.05, 0) is 26.3 Å². The SMILES string of the molecule is C[C@H]1CN2CCC[C@H]2CN1Cc1cnc(N2CCOCC2)nc1. The van der Waals surface area contributed by atoms with E-state index in [-0.39, 0.29) is 0 Å². The molecule has 2 atom stereocenters. The highest BCUT2D eigenvalue weighted by Gasteiger charge is 2.34. The van der Waals surface area contributed by atoms with Gasteiger partial charge in [-0.3, -0.25) is 9.80 Å². The third kappa shape index (κ3) is 3.34. The minimum atomic E-state index is 0.614. The fraction of sp³-hybridized carbons (Fsp3) is 0.765. The number of hydrogen-bond donors (Lipinski definition) is 0. The van der Waals surface area contributed by atoms with Gasteiger partial charge in [-0.25, -0.2) is 9.97 Å². The van der Waals surface area contributed by atoms with Gasteiger partial charge in [0.2, 0.25) is 5.95 Å². The van der Waals surface area contributed by atoms with Crippen LogP contribution in [0.3, 0.4) is 0 Å². The Hall–Kier alpha value is -1.24. The van der Waals surface area contributed by atoms with Crippen molar-refractivity contribution < 1.29 is 4.74 Å². The Morgan fingerprint density at radius 2 is 1.91 bits per heavy atom. The minimum absolute atomic E-state index is 0.614. The molecule has 0 aliphatic carbocycles. The summed E-state index contributed by atoms with van der Waals surface area (Å²) in [6, 6.07) is 1.38. The van der Waals surface area contributed by atoms with Crippen LogP contribution in [0.5, 0.6) is 0 Å². The van der Waals surface area contributed by atoms with Crippen LogP contribution in [-0.2, 0) is 11.3 Å². The molecule has 6 heteroatoms. The second-order valence-corrected chi connectivity index (χ2v) is 7.06. The molecule has 0 bridgehead atoms. The Balaban J connectivity index is 1.38. The lowest BCUT2D eigenvalue weighted by molar-refractivity contribution is 0.0539. The topological polar surface area (TPSA) is 44.7 Å². The number of aromatic nitrogens is 2. The molecule has 0 saturated carbocycles. The van der Waals surface area contributed by atoms with Crippen LogP contribution in [0.4, 0.5) is 5.95 Å². The zero-order chi connectivity index (χ0) is 15.6. The van der Waals surface area contributed by atoms with Crippen molar-refractivity contribution in [1.29, 1.82) is 0 Å². The number of fused-ring (bicyclic) bond motifs is 1. The molecule has 0 unspecified atom stereocenters. The van der Waals surface area contributed by atoms with Gasteiger partial charge in [-0.1, -0.05) is 0 Å². The largest absolute Gasteiger partial charge is 0.378 e. The summed E-state index contributed by atoms with van der Waals surface area (Å²) in [6.07, 6.45) is 6.73. The summed E-state index contributed by atoms with van der Waals surface area (Å²) in [5.41, 5.74) is 1.22. The van der Waals surface area contributed by atoms with E-state index in [0.29, 0.717) is 6.04 Å². The zero-order valence-electron chi connectivity index (χ0n) is 14.0. The van der Waals surface area contributed by atoms with Gasteiger partial charge in [0.1, 0.15) is 0 Å². The molecule has 4 rings (SSSR count). The Kier molecular flexibility index (Phi) is 4.46. The third-order valence-corrected chi connectivity index (χ3v) is 5.44. The van der Waals surface area contributed by atoms with Crippen molar-refractivity contribution in [3.05, 3.63) is 18.0 Å². The summed E-state index contributed by atoms with van der Waals surface area (Å²) >= 11 is 0. The third-order valence-electron chi connectivity index (χ3n) is 5.44. The van der Waals surface area contributed by atoms with Gasteiger partial charge in [0.05, 0.1) is 13.2 Å². The first-order valence-corrected chi connectivity index (χ1v) is 8.91. The lowest BCUT2D eigenvalue weighted by Gasteiger charge is -2.42. The van der Waals surface area contributed by atoms with Crippen molar-refractivity contribution in [3.63, 3.8) is 0 Å². The van der Waals surface area contributed by atoms with Crippen LogP contribution < -0.4 is 4.90 Å². The van der Waals surface area contributed by atoms with E-state index >= 15 is 0 Å². The van der Waals surface area contributed by atoms with Crippen LogP contribution in [0, 0.1) is 0 Å². The van der Waals surface area contributed by atoms with E-state index < -0.39 is 0 Å². The van der Waals surface area contributed by atoms with Crippen molar-refractivity contribution in [1.82, 2.24) is 19.8 Å². The summed E-state index contributed by atoms with van der Waals surface area (Å²) in [4.78, 5) is 16.6. The standard InChI is InChI=1S/C17H27N5O/c1-14-11-21-4-2-3-16(21)13-22(14)12-15-9-18-17(19-10-15)20-5-7-23-8-6-20/h9-10,14,16H,2-8,11-13H2,1H3/t14-,16-/m0/s1. The lowest BCUT2D eigenvalue weighted by Crippen LogP contribution is -2.54. The molecule has 3 saturated heterocycles. The van der Waals surface area contributed by atoms with E-state index in [1.807, 2.05) is 12.4 Å². The maximum absolute atomic E-state index is 5.38. The average molecular weight is 317 g/mol.